The van der Waals surface area contributed by atoms with Crippen LogP contribution in [0.25, 0.3) is 11.3 Å². The minimum absolute atomic E-state index is 0.159. The zero-order chi connectivity index (χ0) is 20.4. The standard InChI is InChI=1S/C22H24N2O5/c1-22(2,26)7-5-15-3-4-18-16(11-15)6-8-24-19(18)12-20(23-21(24)25)29-14-17-13-27-9-10-28-17/h3-4,11-12,17,26H,6,8-10,13-14H2,1-2H3. The summed E-state index contributed by atoms with van der Waals surface area (Å²) in [6.45, 7) is 5.75. The quantitative estimate of drug-likeness (QED) is 0.790. The van der Waals surface area contributed by atoms with Gasteiger partial charge in [-0.05, 0) is 38.0 Å². The predicted octanol–water partition coefficient (Wildman–Crippen LogP) is 1.38. The molecule has 0 bridgehead atoms. The van der Waals surface area contributed by atoms with Crippen molar-refractivity contribution in [3.8, 4) is 29.0 Å². The van der Waals surface area contributed by atoms with Gasteiger partial charge in [-0.15, -0.1) is 0 Å². The van der Waals surface area contributed by atoms with Crippen LogP contribution in [0.1, 0.15) is 25.0 Å². The topological polar surface area (TPSA) is 82.8 Å². The van der Waals surface area contributed by atoms with Gasteiger partial charge in [0.1, 0.15) is 18.3 Å². The fraction of sp³-hybridized carbons (Fsp3) is 0.455. The van der Waals surface area contributed by atoms with Gasteiger partial charge < -0.3 is 19.3 Å². The van der Waals surface area contributed by atoms with E-state index in [9.17, 15) is 9.90 Å². The van der Waals surface area contributed by atoms with Crippen molar-refractivity contribution >= 4 is 0 Å². The molecule has 2 aliphatic rings. The molecule has 1 atom stereocenters. The van der Waals surface area contributed by atoms with Gasteiger partial charge in [0.15, 0.2) is 0 Å². The van der Waals surface area contributed by atoms with E-state index in [-0.39, 0.29) is 24.3 Å². The first-order chi connectivity index (χ1) is 13.9. The van der Waals surface area contributed by atoms with Crippen LogP contribution in [0.2, 0.25) is 0 Å². The fourth-order valence-electron chi connectivity index (χ4n) is 3.39. The number of hydrogen-bond donors (Lipinski definition) is 1. The van der Waals surface area contributed by atoms with E-state index in [0.717, 1.165) is 28.8 Å². The van der Waals surface area contributed by atoms with Gasteiger partial charge >= 0.3 is 5.69 Å². The van der Waals surface area contributed by atoms with Crippen molar-refractivity contribution in [3.05, 3.63) is 45.9 Å². The highest BCUT2D eigenvalue weighted by atomic mass is 16.6. The smallest absolute Gasteiger partial charge is 0.351 e. The third-order valence-corrected chi connectivity index (χ3v) is 4.79. The largest absolute Gasteiger partial charge is 0.475 e. The number of rotatable bonds is 3. The summed E-state index contributed by atoms with van der Waals surface area (Å²) >= 11 is 0. The summed E-state index contributed by atoms with van der Waals surface area (Å²) in [6, 6.07) is 7.66. The summed E-state index contributed by atoms with van der Waals surface area (Å²) < 4.78 is 18.3. The van der Waals surface area contributed by atoms with Crippen LogP contribution in [0, 0.1) is 11.8 Å². The molecule has 2 aliphatic heterocycles. The molecule has 7 heteroatoms. The number of aryl methyl sites for hydroxylation is 1. The van der Waals surface area contributed by atoms with Gasteiger partial charge in [-0.3, -0.25) is 4.57 Å². The van der Waals surface area contributed by atoms with Crippen LogP contribution in [0.15, 0.2) is 29.1 Å². The Hall–Kier alpha value is -2.66. The maximum atomic E-state index is 12.5. The number of aliphatic hydroxyl groups is 1. The maximum absolute atomic E-state index is 12.5. The van der Waals surface area contributed by atoms with E-state index < -0.39 is 5.60 Å². The van der Waals surface area contributed by atoms with Gasteiger partial charge in [0, 0.05) is 23.7 Å². The second-order valence-corrected chi connectivity index (χ2v) is 7.72. The molecule has 0 amide bonds. The summed E-state index contributed by atoms with van der Waals surface area (Å²) in [4.78, 5) is 16.5. The Labute approximate surface area is 169 Å². The molecule has 1 aromatic carbocycles. The maximum Gasteiger partial charge on any atom is 0.351 e. The molecule has 0 aliphatic carbocycles. The monoisotopic (exact) mass is 396 g/mol. The highest BCUT2D eigenvalue weighted by Gasteiger charge is 2.21. The van der Waals surface area contributed by atoms with E-state index in [4.69, 9.17) is 14.2 Å². The third kappa shape index (κ3) is 4.67. The first-order valence-corrected chi connectivity index (χ1v) is 9.72. The first-order valence-electron chi connectivity index (χ1n) is 9.72. The van der Waals surface area contributed by atoms with Crippen molar-refractivity contribution in [3.63, 3.8) is 0 Å². The molecule has 2 aromatic rings. The van der Waals surface area contributed by atoms with Crippen molar-refractivity contribution in [2.24, 2.45) is 0 Å². The Morgan fingerprint density at radius 2 is 2.21 bits per heavy atom. The molecule has 1 saturated heterocycles. The second kappa shape index (κ2) is 7.99. The lowest BCUT2D eigenvalue weighted by molar-refractivity contribution is -0.102. The van der Waals surface area contributed by atoms with Crippen molar-refractivity contribution in [1.82, 2.24) is 9.55 Å². The van der Waals surface area contributed by atoms with Gasteiger partial charge in [-0.1, -0.05) is 17.9 Å². The van der Waals surface area contributed by atoms with E-state index in [1.54, 1.807) is 24.5 Å². The molecule has 1 unspecified atom stereocenters. The molecular formula is C22H24N2O5. The zero-order valence-corrected chi connectivity index (χ0v) is 16.6. The number of ether oxygens (including phenoxy) is 3. The summed E-state index contributed by atoms with van der Waals surface area (Å²) in [6.07, 6.45) is 0.559. The molecular weight excluding hydrogens is 372 g/mol. The van der Waals surface area contributed by atoms with Crippen molar-refractivity contribution in [1.29, 1.82) is 0 Å². The summed E-state index contributed by atoms with van der Waals surface area (Å²) in [5.74, 6) is 6.12. The van der Waals surface area contributed by atoms with Crippen LogP contribution in [0.5, 0.6) is 5.88 Å². The van der Waals surface area contributed by atoms with Gasteiger partial charge in [0.05, 0.1) is 25.5 Å². The summed E-state index contributed by atoms with van der Waals surface area (Å²) in [5, 5.41) is 9.80. The lowest BCUT2D eigenvalue weighted by Crippen LogP contribution is -2.34. The van der Waals surface area contributed by atoms with E-state index in [0.29, 0.717) is 26.4 Å². The van der Waals surface area contributed by atoms with E-state index in [1.807, 2.05) is 18.2 Å². The van der Waals surface area contributed by atoms with Gasteiger partial charge in [-0.2, -0.15) is 4.98 Å². The summed E-state index contributed by atoms with van der Waals surface area (Å²) in [7, 11) is 0. The Kier molecular flexibility index (Phi) is 5.41. The number of benzene rings is 1. The zero-order valence-electron chi connectivity index (χ0n) is 16.6. The number of nitrogens with zero attached hydrogens (tertiary/aromatic N) is 2. The predicted molar refractivity (Wildman–Crippen MR) is 107 cm³/mol. The molecule has 4 rings (SSSR count). The van der Waals surface area contributed by atoms with Gasteiger partial charge in [0.2, 0.25) is 5.88 Å². The molecule has 1 aromatic heterocycles. The number of fused-ring (bicyclic) bond motifs is 3. The average Bonchev–Trinajstić information content (AvgIpc) is 2.70. The molecule has 3 heterocycles. The first kappa shape index (κ1) is 19.6. The van der Waals surface area contributed by atoms with E-state index >= 15 is 0 Å². The van der Waals surface area contributed by atoms with Crippen LogP contribution >= 0.6 is 0 Å². The lowest BCUT2D eigenvalue weighted by Gasteiger charge is -2.24. The fourth-order valence-corrected chi connectivity index (χ4v) is 3.39. The Morgan fingerprint density at radius 3 is 2.97 bits per heavy atom. The van der Waals surface area contributed by atoms with Crippen LogP contribution < -0.4 is 10.4 Å². The van der Waals surface area contributed by atoms with E-state index in [2.05, 4.69) is 16.8 Å². The highest BCUT2D eigenvalue weighted by molar-refractivity contribution is 5.68. The van der Waals surface area contributed by atoms with Gasteiger partial charge in [0.25, 0.3) is 0 Å². The highest BCUT2D eigenvalue weighted by Crippen LogP contribution is 2.30. The lowest BCUT2D eigenvalue weighted by atomic mass is 9.95. The van der Waals surface area contributed by atoms with Crippen LogP contribution in [-0.4, -0.2) is 52.8 Å². The third-order valence-electron chi connectivity index (χ3n) is 4.79. The molecule has 7 nitrogen and oxygen atoms in total. The van der Waals surface area contributed by atoms with Crippen LogP contribution in [0.4, 0.5) is 0 Å². The number of hydrogen-bond acceptors (Lipinski definition) is 6. The SMILES string of the molecule is CC(C)(O)C#Cc1ccc2c(c1)CCn1c-2cc(OCC2COCCO2)nc1=O. The van der Waals surface area contributed by atoms with Crippen LogP contribution in [-0.2, 0) is 22.4 Å². The molecule has 0 saturated carbocycles. The van der Waals surface area contributed by atoms with Crippen molar-refractivity contribution < 1.29 is 19.3 Å². The molecule has 0 radical (unpaired) electrons. The molecule has 152 valence electrons. The molecule has 1 N–H and O–H groups in total. The van der Waals surface area contributed by atoms with Crippen molar-refractivity contribution in [2.75, 3.05) is 26.4 Å². The minimum Gasteiger partial charge on any atom is -0.475 e. The minimum atomic E-state index is -1.04. The molecule has 0 spiro atoms. The average molecular weight is 396 g/mol. The van der Waals surface area contributed by atoms with Gasteiger partial charge in [-0.25, -0.2) is 4.79 Å². The second-order valence-electron chi connectivity index (χ2n) is 7.72. The van der Waals surface area contributed by atoms with Crippen LogP contribution in [0.3, 0.4) is 0 Å². The Balaban J connectivity index is 1.60. The van der Waals surface area contributed by atoms with Crippen molar-refractivity contribution in [2.45, 2.75) is 38.5 Å². The Bertz CT molecular complexity index is 1020. The molecule has 29 heavy (non-hydrogen) atoms. The molecule has 1 fully saturated rings. The number of aromatic nitrogens is 2. The Morgan fingerprint density at radius 1 is 1.34 bits per heavy atom. The summed E-state index contributed by atoms with van der Waals surface area (Å²) in [5.41, 5.74) is 2.32. The van der Waals surface area contributed by atoms with E-state index in [1.165, 1.54) is 0 Å². The normalized spacial score (nSPS) is 18.2.